The Bertz CT molecular complexity index is 1090. The van der Waals surface area contributed by atoms with Crippen LogP contribution in [0.3, 0.4) is 0 Å². The van der Waals surface area contributed by atoms with Crippen molar-refractivity contribution < 1.29 is 4.39 Å². The zero-order valence-corrected chi connectivity index (χ0v) is 17.0. The maximum Gasteiger partial charge on any atom is 0.221 e. The first-order valence-corrected chi connectivity index (χ1v) is 9.75. The molecular weight excluding hydrogens is 391 g/mol. The highest BCUT2D eigenvalue weighted by atomic mass is 32.2. The van der Waals surface area contributed by atoms with Gasteiger partial charge in [-0.2, -0.15) is 4.68 Å². The van der Waals surface area contributed by atoms with Crippen molar-refractivity contribution in [2.45, 2.75) is 23.3 Å². The average molecular weight is 410 g/mol. The molecule has 8 nitrogen and oxygen atoms in total. The smallest absolute Gasteiger partial charge is 0.221 e. The lowest BCUT2D eigenvalue weighted by Gasteiger charge is -2.20. The van der Waals surface area contributed by atoms with Crippen molar-refractivity contribution in [3.8, 4) is 11.4 Å². The Morgan fingerprint density at radius 1 is 0.897 bits per heavy atom. The van der Waals surface area contributed by atoms with Gasteiger partial charge in [-0.3, -0.25) is 9.47 Å². The molecule has 10 heteroatoms. The van der Waals surface area contributed by atoms with Gasteiger partial charge in [-0.1, -0.05) is 18.2 Å². The molecule has 148 valence electrons. The number of tetrazole rings is 1. The molecule has 0 aliphatic carbocycles. The lowest BCUT2D eigenvalue weighted by molar-refractivity contribution is 0.305. The van der Waals surface area contributed by atoms with Crippen LogP contribution in [0.15, 0.2) is 64.9 Å². The number of aromatic nitrogens is 7. The van der Waals surface area contributed by atoms with Gasteiger partial charge in [0.25, 0.3) is 0 Å². The Morgan fingerprint density at radius 3 is 2.31 bits per heavy atom. The molecule has 0 amide bonds. The van der Waals surface area contributed by atoms with Gasteiger partial charge in [0.2, 0.25) is 10.3 Å². The first-order valence-electron chi connectivity index (χ1n) is 8.94. The number of rotatable bonds is 6. The Labute approximate surface area is 171 Å². The Hall–Kier alpha value is -3.11. The Balaban J connectivity index is 1.77. The number of benzene rings is 2. The number of hydrogen-bond acceptors (Lipinski definition) is 7. The molecule has 0 saturated heterocycles. The molecule has 0 N–H and O–H groups in total. The lowest BCUT2D eigenvalue weighted by Crippen LogP contribution is -2.20. The number of hydrogen-bond donors (Lipinski definition) is 0. The van der Waals surface area contributed by atoms with Crippen molar-refractivity contribution in [2.24, 2.45) is 0 Å². The van der Waals surface area contributed by atoms with Gasteiger partial charge in [-0.05, 0) is 79.6 Å². The zero-order chi connectivity index (χ0) is 20.4. The van der Waals surface area contributed by atoms with Crippen molar-refractivity contribution in [2.75, 3.05) is 14.1 Å². The molecule has 2 aromatic carbocycles. The van der Waals surface area contributed by atoms with Crippen LogP contribution in [-0.2, 0) is 0 Å². The third kappa shape index (κ3) is 3.89. The van der Waals surface area contributed by atoms with Crippen LogP contribution in [0.5, 0.6) is 0 Å². The molecule has 2 aromatic heterocycles. The van der Waals surface area contributed by atoms with E-state index in [0.29, 0.717) is 10.3 Å². The minimum absolute atomic E-state index is 0.00739. The largest absolute Gasteiger partial charge is 0.300 e. The fourth-order valence-electron chi connectivity index (χ4n) is 2.74. The highest BCUT2D eigenvalue weighted by Gasteiger charge is 2.23. The summed E-state index contributed by atoms with van der Waals surface area (Å²) in [5, 5.41) is 21.9. The molecule has 0 bridgehead atoms. The average Bonchev–Trinajstić information content (AvgIpc) is 3.36. The summed E-state index contributed by atoms with van der Waals surface area (Å²) >= 11 is 1.30. The lowest BCUT2D eigenvalue weighted by atomic mass is 10.2. The van der Waals surface area contributed by atoms with E-state index in [9.17, 15) is 4.39 Å². The van der Waals surface area contributed by atoms with Crippen LogP contribution in [-0.4, -0.2) is 54.0 Å². The van der Waals surface area contributed by atoms with Crippen LogP contribution >= 0.6 is 11.8 Å². The molecule has 0 radical (unpaired) electrons. The summed E-state index contributed by atoms with van der Waals surface area (Å²) in [5.41, 5.74) is 1.61. The third-order valence-corrected chi connectivity index (χ3v) is 5.40. The van der Waals surface area contributed by atoms with E-state index in [4.69, 9.17) is 0 Å². The fourth-order valence-corrected chi connectivity index (χ4v) is 3.58. The molecule has 0 saturated carbocycles. The quantitative estimate of drug-likeness (QED) is 0.483. The molecule has 2 heterocycles. The summed E-state index contributed by atoms with van der Waals surface area (Å²) in [5.74, 6) is 0.439. The first-order chi connectivity index (χ1) is 14.0. The first kappa shape index (κ1) is 19.2. The van der Waals surface area contributed by atoms with E-state index in [1.807, 2.05) is 60.8 Å². The van der Waals surface area contributed by atoms with E-state index in [1.54, 1.807) is 16.8 Å². The van der Waals surface area contributed by atoms with Crippen LogP contribution in [0.4, 0.5) is 4.39 Å². The molecule has 0 unspecified atom stereocenters. The van der Waals surface area contributed by atoms with Gasteiger partial charge in [-0.15, -0.1) is 15.3 Å². The zero-order valence-electron chi connectivity index (χ0n) is 16.1. The van der Waals surface area contributed by atoms with Gasteiger partial charge in [0, 0.05) is 5.69 Å². The Kier molecular flexibility index (Phi) is 5.36. The van der Waals surface area contributed by atoms with E-state index in [1.165, 1.54) is 23.9 Å². The van der Waals surface area contributed by atoms with Crippen molar-refractivity contribution in [3.05, 3.63) is 66.2 Å². The van der Waals surface area contributed by atoms with Crippen molar-refractivity contribution >= 4 is 11.8 Å². The van der Waals surface area contributed by atoms with E-state index >= 15 is 0 Å². The molecule has 1 atom stereocenters. The highest BCUT2D eigenvalue weighted by Crippen LogP contribution is 2.31. The minimum atomic E-state index is -0.300. The summed E-state index contributed by atoms with van der Waals surface area (Å²) in [4.78, 5) is 2.03. The van der Waals surface area contributed by atoms with Crippen molar-refractivity contribution in [1.29, 1.82) is 0 Å². The van der Waals surface area contributed by atoms with Gasteiger partial charge in [0.1, 0.15) is 5.82 Å². The van der Waals surface area contributed by atoms with E-state index in [2.05, 4.69) is 25.7 Å². The molecule has 29 heavy (non-hydrogen) atoms. The highest BCUT2D eigenvalue weighted by molar-refractivity contribution is 7.99. The summed E-state index contributed by atoms with van der Waals surface area (Å²) in [6.07, 6.45) is 0. The van der Waals surface area contributed by atoms with E-state index < -0.39 is 0 Å². The van der Waals surface area contributed by atoms with Crippen molar-refractivity contribution in [3.63, 3.8) is 0 Å². The Morgan fingerprint density at radius 2 is 1.62 bits per heavy atom. The summed E-state index contributed by atoms with van der Waals surface area (Å²) in [7, 11) is 3.94. The third-order valence-electron chi connectivity index (χ3n) is 4.52. The fraction of sp³-hybridized carbons (Fsp3) is 0.211. The van der Waals surface area contributed by atoms with Gasteiger partial charge < -0.3 is 0 Å². The van der Waals surface area contributed by atoms with Gasteiger partial charge in [-0.25, -0.2) is 4.39 Å². The molecule has 0 aliphatic rings. The van der Waals surface area contributed by atoms with Gasteiger partial charge >= 0.3 is 0 Å². The van der Waals surface area contributed by atoms with Crippen LogP contribution in [0.25, 0.3) is 11.4 Å². The van der Waals surface area contributed by atoms with Gasteiger partial charge in [0.05, 0.1) is 11.7 Å². The van der Waals surface area contributed by atoms with Crippen LogP contribution < -0.4 is 0 Å². The maximum atomic E-state index is 13.5. The predicted octanol–water partition coefficient (Wildman–Crippen LogP) is 3.16. The summed E-state index contributed by atoms with van der Waals surface area (Å²) in [6.45, 7) is 2.03. The standard InChI is InChI=1S/C19H19FN8S/c1-13(26(2)3)17-21-22-18(27(17)15-11-9-14(20)10-12-15)29-19-23-24-25-28(19)16-7-5-4-6-8-16/h4-13H,1-3H3/t13-/m0/s1. The molecular formula is C19H19FN8S. The normalized spacial score (nSPS) is 12.4. The van der Waals surface area contributed by atoms with Crippen LogP contribution in [0.1, 0.15) is 18.8 Å². The second-order valence-electron chi connectivity index (χ2n) is 6.60. The predicted molar refractivity (Wildman–Crippen MR) is 107 cm³/mol. The van der Waals surface area contributed by atoms with E-state index in [0.717, 1.165) is 17.2 Å². The molecule has 0 spiro atoms. The summed E-state index contributed by atoms with van der Waals surface area (Å²) in [6, 6.07) is 15.8. The SMILES string of the molecule is C[C@@H](c1nnc(Sc2nnnn2-c2ccccc2)n1-c1ccc(F)cc1)N(C)C. The topological polar surface area (TPSA) is 77.5 Å². The molecule has 0 fully saturated rings. The van der Waals surface area contributed by atoms with E-state index in [-0.39, 0.29) is 11.9 Å². The monoisotopic (exact) mass is 410 g/mol. The van der Waals surface area contributed by atoms with Gasteiger partial charge in [0.15, 0.2) is 5.82 Å². The molecule has 4 rings (SSSR count). The maximum absolute atomic E-state index is 13.5. The second kappa shape index (κ2) is 8.10. The minimum Gasteiger partial charge on any atom is -0.300 e. The number of para-hydroxylation sites is 1. The number of halogens is 1. The second-order valence-corrected chi connectivity index (χ2v) is 7.54. The summed E-state index contributed by atoms with van der Waals surface area (Å²) < 4.78 is 17.0. The van der Waals surface area contributed by atoms with Crippen LogP contribution in [0.2, 0.25) is 0 Å². The van der Waals surface area contributed by atoms with Crippen LogP contribution in [0, 0.1) is 5.82 Å². The molecule has 0 aliphatic heterocycles. The molecule has 4 aromatic rings. The number of nitrogens with zero attached hydrogens (tertiary/aromatic N) is 8. The van der Waals surface area contributed by atoms with Crippen molar-refractivity contribution in [1.82, 2.24) is 39.9 Å².